The minimum Gasteiger partial charge on any atom is -0.476 e. The standard InChI is InChI=1S/C6H7F3O3/c7-6(8,9)3-1-2-4(10)5(11)12/h1-3H2,(H,11,12). The number of hydrogen-bond acceptors (Lipinski definition) is 2. The van der Waals surface area contributed by atoms with Gasteiger partial charge in [-0.05, 0) is 6.42 Å². The zero-order chi connectivity index (χ0) is 9.78. The molecule has 0 bridgehead atoms. The SMILES string of the molecule is O=C(O)C(=O)CCCC(F)(F)F. The van der Waals surface area contributed by atoms with E-state index in [1.54, 1.807) is 0 Å². The molecular weight excluding hydrogens is 177 g/mol. The highest BCUT2D eigenvalue weighted by atomic mass is 19.4. The first-order chi connectivity index (χ1) is 5.33. The fraction of sp³-hybridized carbons (Fsp3) is 0.667. The lowest BCUT2D eigenvalue weighted by atomic mass is 10.2. The highest BCUT2D eigenvalue weighted by molar-refractivity contribution is 6.32. The number of carboxylic acid groups (broad SMARTS) is 1. The van der Waals surface area contributed by atoms with Gasteiger partial charge in [-0.15, -0.1) is 0 Å². The Balaban J connectivity index is 3.58. The number of alkyl halides is 3. The Bertz CT molecular complexity index is 185. The molecule has 70 valence electrons. The number of hydrogen-bond donors (Lipinski definition) is 1. The fourth-order valence-electron chi connectivity index (χ4n) is 0.556. The summed E-state index contributed by atoms with van der Waals surface area (Å²) in [7, 11) is 0. The first-order valence-electron chi connectivity index (χ1n) is 3.16. The topological polar surface area (TPSA) is 54.4 Å². The number of carboxylic acids is 1. The molecule has 0 amide bonds. The van der Waals surface area contributed by atoms with Crippen molar-refractivity contribution in [1.29, 1.82) is 0 Å². The highest BCUT2D eigenvalue weighted by Gasteiger charge is 2.27. The van der Waals surface area contributed by atoms with E-state index in [0.29, 0.717) is 0 Å². The Labute approximate surface area is 66.2 Å². The summed E-state index contributed by atoms with van der Waals surface area (Å²) < 4.78 is 34.3. The molecule has 0 heterocycles. The third-order valence-corrected chi connectivity index (χ3v) is 1.10. The second kappa shape index (κ2) is 4.08. The lowest BCUT2D eigenvalue weighted by Crippen LogP contribution is -2.14. The van der Waals surface area contributed by atoms with Crippen LogP contribution < -0.4 is 0 Å². The molecule has 0 aliphatic heterocycles. The maximum atomic E-state index is 11.4. The molecule has 0 fully saturated rings. The van der Waals surface area contributed by atoms with Crippen molar-refractivity contribution in [2.75, 3.05) is 0 Å². The Morgan fingerprint density at radius 2 is 1.75 bits per heavy atom. The van der Waals surface area contributed by atoms with Crippen molar-refractivity contribution in [3.8, 4) is 0 Å². The molecule has 0 aliphatic rings. The zero-order valence-corrected chi connectivity index (χ0v) is 6.02. The highest BCUT2D eigenvalue weighted by Crippen LogP contribution is 2.22. The van der Waals surface area contributed by atoms with E-state index in [-0.39, 0.29) is 0 Å². The molecule has 0 aliphatic carbocycles. The Kier molecular flexibility index (Phi) is 3.72. The summed E-state index contributed by atoms with van der Waals surface area (Å²) in [5.74, 6) is -2.86. The first-order valence-corrected chi connectivity index (χ1v) is 3.16. The van der Waals surface area contributed by atoms with Crippen LogP contribution in [0.25, 0.3) is 0 Å². The minimum atomic E-state index is -4.32. The summed E-state index contributed by atoms with van der Waals surface area (Å²) in [5, 5.41) is 7.98. The van der Waals surface area contributed by atoms with Crippen molar-refractivity contribution >= 4 is 11.8 Å². The fourth-order valence-corrected chi connectivity index (χ4v) is 0.556. The molecule has 0 atom stereocenters. The normalized spacial score (nSPS) is 11.2. The smallest absolute Gasteiger partial charge is 0.389 e. The van der Waals surface area contributed by atoms with Crippen LogP contribution >= 0.6 is 0 Å². The number of carbonyl (C=O) groups is 2. The lowest BCUT2D eigenvalue weighted by Gasteiger charge is -2.03. The Morgan fingerprint density at radius 3 is 2.08 bits per heavy atom. The Morgan fingerprint density at radius 1 is 1.25 bits per heavy atom. The molecule has 12 heavy (non-hydrogen) atoms. The second-order valence-electron chi connectivity index (χ2n) is 2.20. The van der Waals surface area contributed by atoms with Gasteiger partial charge in [0.2, 0.25) is 5.78 Å². The minimum absolute atomic E-state index is 0.464. The van der Waals surface area contributed by atoms with Gasteiger partial charge in [-0.25, -0.2) is 4.79 Å². The van der Waals surface area contributed by atoms with Crippen LogP contribution in [-0.2, 0) is 9.59 Å². The van der Waals surface area contributed by atoms with Gasteiger partial charge >= 0.3 is 12.1 Å². The number of rotatable bonds is 4. The summed E-state index contributed by atoms with van der Waals surface area (Å²) in [5.41, 5.74) is 0. The van der Waals surface area contributed by atoms with E-state index in [4.69, 9.17) is 5.11 Å². The number of Topliss-reactive ketones (excluding diaryl/α,β-unsaturated/α-hetero) is 1. The van der Waals surface area contributed by atoms with Crippen molar-refractivity contribution in [3.05, 3.63) is 0 Å². The van der Waals surface area contributed by atoms with Crippen LogP contribution in [0.4, 0.5) is 13.2 Å². The third-order valence-electron chi connectivity index (χ3n) is 1.10. The number of carbonyl (C=O) groups excluding carboxylic acids is 1. The number of ketones is 1. The lowest BCUT2D eigenvalue weighted by molar-refractivity contribution is -0.150. The summed E-state index contributed by atoms with van der Waals surface area (Å²) >= 11 is 0. The van der Waals surface area contributed by atoms with Crippen LogP contribution in [0.1, 0.15) is 19.3 Å². The van der Waals surface area contributed by atoms with Gasteiger partial charge in [-0.3, -0.25) is 4.79 Å². The molecule has 0 saturated heterocycles. The summed E-state index contributed by atoms with van der Waals surface area (Å²) in [4.78, 5) is 20.1. The maximum absolute atomic E-state index is 11.4. The predicted molar refractivity (Wildman–Crippen MR) is 32.5 cm³/mol. The number of halogens is 3. The van der Waals surface area contributed by atoms with Gasteiger partial charge in [-0.2, -0.15) is 13.2 Å². The average Bonchev–Trinajstić information content (AvgIpc) is 1.84. The van der Waals surface area contributed by atoms with Gasteiger partial charge in [0.05, 0.1) is 0 Å². The molecule has 3 nitrogen and oxygen atoms in total. The Hall–Kier alpha value is -1.07. The molecule has 0 saturated carbocycles. The predicted octanol–water partition coefficient (Wildman–Crippen LogP) is 1.37. The number of aliphatic carboxylic acids is 1. The van der Waals surface area contributed by atoms with Gasteiger partial charge in [0.25, 0.3) is 0 Å². The largest absolute Gasteiger partial charge is 0.476 e. The van der Waals surface area contributed by atoms with Crippen LogP contribution in [0.5, 0.6) is 0 Å². The van der Waals surface area contributed by atoms with E-state index in [1.165, 1.54) is 0 Å². The van der Waals surface area contributed by atoms with Gasteiger partial charge in [0, 0.05) is 12.8 Å². The van der Waals surface area contributed by atoms with Gasteiger partial charge in [0.1, 0.15) is 0 Å². The second-order valence-corrected chi connectivity index (χ2v) is 2.20. The van der Waals surface area contributed by atoms with Crippen molar-refractivity contribution in [2.24, 2.45) is 0 Å². The van der Waals surface area contributed by atoms with E-state index >= 15 is 0 Å². The molecule has 0 rings (SSSR count). The van der Waals surface area contributed by atoms with Gasteiger partial charge in [-0.1, -0.05) is 0 Å². The molecule has 6 heteroatoms. The molecule has 0 aromatic heterocycles. The monoisotopic (exact) mass is 184 g/mol. The molecule has 0 radical (unpaired) electrons. The molecule has 0 aromatic carbocycles. The molecule has 0 aromatic rings. The van der Waals surface area contributed by atoms with Crippen molar-refractivity contribution < 1.29 is 27.9 Å². The zero-order valence-electron chi connectivity index (χ0n) is 6.02. The van der Waals surface area contributed by atoms with Gasteiger partial charge < -0.3 is 5.11 Å². The van der Waals surface area contributed by atoms with E-state index in [2.05, 4.69) is 0 Å². The van der Waals surface area contributed by atoms with E-state index in [0.717, 1.165) is 0 Å². The quantitative estimate of drug-likeness (QED) is 0.671. The summed E-state index contributed by atoms with van der Waals surface area (Å²) in [6.07, 6.45) is -6.46. The summed E-state index contributed by atoms with van der Waals surface area (Å²) in [6.45, 7) is 0. The van der Waals surface area contributed by atoms with Crippen molar-refractivity contribution in [2.45, 2.75) is 25.4 Å². The molecular formula is C6H7F3O3. The molecule has 0 unspecified atom stereocenters. The molecule has 1 N–H and O–H groups in total. The van der Waals surface area contributed by atoms with E-state index < -0.39 is 37.2 Å². The van der Waals surface area contributed by atoms with Crippen LogP contribution in [0.2, 0.25) is 0 Å². The molecule has 0 spiro atoms. The first kappa shape index (κ1) is 10.9. The van der Waals surface area contributed by atoms with Crippen molar-refractivity contribution in [3.63, 3.8) is 0 Å². The van der Waals surface area contributed by atoms with Gasteiger partial charge in [0.15, 0.2) is 0 Å². The van der Waals surface area contributed by atoms with Crippen LogP contribution in [0.3, 0.4) is 0 Å². The van der Waals surface area contributed by atoms with Crippen LogP contribution in [-0.4, -0.2) is 23.0 Å². The summed E-state index contributed by atoms with van der Waals surface area (Å²) in [6, 6.07) is 0. The average molecular weight is 184 g/mol. The van der Waals surface area contributed by atoms with E-state index in [9.17, 15) is 22.8 Å². The third kappa shape index (κ3) is 5.70. The van der Waals surface area contributed by atoms with Crippen LogP contribution in [0.15, 0.2) is 0 Å². The van der Waals surface area contributed by atoms with Crippen LogP contribution in [0, 0.1) is 0 Å². The maximum Gasteiger partial charge on any atom is 0.389 e. The van der Waals surface area contributed by atoms with Crippen molar-refractivity contribution in [1.82, 2.24) is 0 Å². The van der Waals surface area contributed by atoms with E-state index in [1.807, 2.05) is 0 Å².